The van der Waals surface area contributed by atoms with Crippen LogP contribution in [0.25, 0.3) is 0 Å². The summed E-state index contributed by atoms with van der Waals surface area (Å²) in [4.78, 5) is 0. The van der Waals surface area contributed by atoms with Gasteiger partial charge in [0.1, 0.15) is 11.6 Å². The molecule has 18 heavy (non-hydrogen) atoms. The van der Waals surface area contributed by atoms with Crippen LogP contribution in [-0.2, 0) is 9.84 Å². The summed E-state index contributed by atoms with van der Waals surface area (Å²) in [6.07, 6.45) is 1.35. The lowest BCUT2D eigenvalue weighted by molar-refractivity contribution is 0.414. The molecule has 1 aliphatic rings. The Morgan fingerprint density at radius 3 is 2.89 bits per heavy atom. The van der Waals surface area contributed by atoms with Gasteiger partial charge in [0.05, 0.1) is 24.3 Å². The van der Waals surface area contributed by atoms with Gasteiger partial charge >= 0.3 is 0 Å². The normalized spacial score (nSPS) is 22.4. The molecule has 1 aromatic carbocycles. The molecular formula is C12H16FNO3S. The molecule has 0 aliphatic carbocycles. The fourth-order valence-electron chi connectivity index (χ4n) is 2.10. The number of rotatable bonds is 3. The molecule has 1 N–H and O–H groups in total. The Morgan fingerprint density at radius 2 is 2.22 bits per heavy atom. The molecule has 1 aromatic rings. The summed E-state index contributed by atoms with van der Waals surface area (Å²) in [6.45, 7) is 0. The summed E-state index contributed by atoms with van der Waals surface area (Å²) < 4.78 is 41.6. The Labute approximate surface area is 106 Å². The van der Waals surface area contributed by atoms with Crippen molar-refractivity contribution in [1.29, 1.82) is 0 Å². The molecule has 0 bridgehead atoms. The summed E-state index contributed by atoms with van der Waals surface area (Å²) in [5.74, 6) is 0.423. The average molecular weight is 273 g/mol. The van der Waals surface area contributed by atoms with Crippen LogP contribution in [0.15, 0.2) is 18.2 Å². The number of hydrogen-bond acceptors (Lipinski definition) is 4. The van der Waals surface area contributed by atoms with E-state index in [1.54, 1.807) is 0 Å². The maximum absolute atomic E-state index is 13.6. The first kappa shape index (κ1) is 13.1. The number of methoxy groups -OCH3 is 1. The first-order valence-corrected chi connectivity index (χ1v) is 7.63. The van der Waals surface area contributed by atoms with Crippen LogP contribution < -0.4 is 10.1 Å². The highest BCUT2D eigenvalue weighted by Gasteiger charge is 2.25. The lowest BCUT2D eigenvalue weighted by Gasteiger charge is -2.24. The van der Waals surface area contributed by atoms with Crippen LogP contribution >= 0.6 is 0 Å². The zero-order chi connectivity index (χ0) is 13.2. The van der Waals surface area contributed by atoms with Gasteiger partial charge in [-0.25, -0.2) is 12.8 Å². The van der Waals surface area contributed by atoms with Gasteiger partial charge in [-0.1, -0.05) is 0 Å². The molecule has 0 radical (unpaired) electrons. The molecule has 4 nitrogen and oxygen atoms in total. The van der Waals surface area contributed by atoms with Gasteiger partial charge in [-0.2, -0.15) is 0 Å². The number of sulfone groups is 1. The number of ether oxygens (including phenoxy) is 1. The number of anilines is 1. The summed E-state index contributed by atoms with van der Waals surface area (Å²) in [7, 11) is -1.49. The number of hydrogen-bond donors (Lipinski definition) is 1. The lowest BCUT2D eigenvalue weighted by atomic mass is 10.1. The van der Waals surface area contributed by atoms with Crippen molar-refractivity contribution in [2.75, 3.05) is 23.9 Å². The van der Waals surface area contributed by atoms with Gasteiger partial charge in [-0.3, -0.25) is 0 Å². The fourth-order valence-corrected chi connectivity index (χ4v) is 3.73. The van der Waals surface area contributed by atoms with E-state index in [0.29, 0.717) is 12.2 Å². The summed E-state index contributed by atoms with van der Waals surface area (Å²) in [5.41, 5.74) is 0.288. The second-order valence-electron chi connectivity index (χ2n) is 4.44. The standard InChI is InChI=1S/C12H16FNO3S/c1-17-10-4-5-11(13)12(7-10)14-9-3-2-6-18(15,16)8-9/h4-5,7,9,14H,2-3,6,8H2,1H3. The quantitative estimate of drug-likeness (QED) is 0.912. The molecule has 1 atom stereocenters. The van der Waals surface area contributed by atoms with E-state index < -0.39 is 15.7 Å². The molecule has 1 aliphatic heterocycles. The topological polar surface area (TPSA) is 55.4 Å². The molecule has 0 spiro atoms. The third-order valence-corrected chi connectivity index (χ3v) is 4.82. The van der Waals surface area contributed by atoms with Crippen molar-refractivity contribution >= 4 is 15.5 Å². The van der Waals surface area contributed by atoms with Crippen LogP contribution in [0, 0.1) is 5.82 Å². The van der Waals surface area contributed by atoms with Gasteiger partial charge in [-0.15, -0.1) is 0 Å². The van der Waals surface area contributed by atoms with Gasteiger partial charge < -0.3 is 10.1 Å². The summed E-state index contributed by atoms with van der Waals surface area (Å²) in [6, 6.07) is 4.14. The Kier molecular flexibility index (Phi) is 3.75. The number of nitrogens with one attached hydrogen (secondary N) is 1. The SMILES string of the molecule is COc1ccc(F)c(NC2CCCS(=O)(=O)C2)c1. The number of halogens is 1. The van der Waals surface area contributed by atoms with Crippen molar-refractivity contribution in [1.82, 2.24) is 0 Å². The monoisotopic (exact) mass is 273 g/mol. The van der Waals surface area contributed by atoms with E-state index in [4.69, 9.17) is 4.74 Å². The van der Waals surface area contributed by atoms with Crippen molar-refractivity contribution in [3.05, 3.63) is 24.0 Å². The molecular weight excluding hydrogens is 257 g/mol. The second kappa shape index (κ2) is 5.14. The fraction of sp³-hybridized carbons (Fsp3) is 0.500. The second-order valence-corrected chi connectivity index (χ2v) is 6.67. The molecule has 1 fully saturated rings. The Hall–Kier alpha value is -1.30. The smallest absolute Gasteiger partial charge is 0.152 e. The van der Waals surface area contributed by atoms with Crippen LogP contribution in [0.1, 0.15) is 12.8 Å². The van der Waals surface area contributed by atoms with Crippen molar-refractivity contribution < 1.29 is 17.5 Å². The van der Waals surface area contributed by atoms with Gasteiger partial charge in [0.25, 0.3) is 0 Å². The van der Waals surface area contributed by atoms with Crippen LogP contribution in [0.4, 0.5) is 10.1 Å². The molecule has 1 unspecified atom stereocenters. The predicted octanol–water partition coefficient (Wildman–Crippen LogP) is 1.82. The molecule has 1 heterocycles. The van der Waals surface area contributed by atoms with Crippen molar-refractivity contribution in [3.8, 4) is 5.75 Å². The summed E-state index contributed by atoms with van der Waals surface area (Å²) in [5, 5.41) is 2.95. The third-order valence-electron chi connectivity index (χ3n) is 3.00. The zero-order valence-electron chi connectivity index (χ0n) is 10.1. The van der Waals surface area contributed by atoms with E-state index in [2.05, 4.69) is 5.32 Å². The lowest BCUT2D eigenvalue weighted by Crippen LogP contribution is -2.35. The molecule has 0 amide bonds. The molecule has 1 saturated heterocycles. The maximum Gasteiger partial charge on any atom is 0.152 e. The van der Waals surface area contributed by atoms with Crippen molar-refractivity contribution in [2.24, 2.45) is 0 Å². The number of benzene rings is 1. The molecule has 0 saturated carbocycles. The molecule has 6 heteroatoms. The van der Waals surface area contributed by atoms with Crippen LogP contribution in [0.3, 0.4) is 0 Å². The van der Waals surface area contributed by atoms with Gasteiger partial charge in [0.15, 0.2) is 9.84 Å². The van der Waals surface area contributed by atoms with Gasteiger partial charge in [-0.05, 0) is 25.0 Å². The van der Waals surface area contributed by atoms with Crippen molar-refractivity contribution in [2.45, 2.75) is 18.9 Å². The predicted molar refractivity (Wildman–Crippen MR) is 68.3 cm³/mol. The van der Waals surface area contributed by atoms with Crippen LogP contribution in [0.5, 0.6) is 5.75 Å². The summed E-state index contributed by atoms with van der Waals surface area (Å²) >= 11 is 0. The van der Waals surface area contributed by atoms with E-state index >= 15 is 0 Å². The highest BCUT2D eigenvalue weighted by atomic mass is 32.2. The molecule has 2 rings (SSSR count). The van der Waals surface area contributed by atoms with Crippen molar-refractivity contribution in [3.63, 3.8) is 0 Å². The average Bonchev–Trinajstić information content (AvgIpc) is 2.31. The van der Waals surface area contributed by atoms with E-state index in [1.807, 2.05) is 0 Å². The largest absolute Gasteiger partial charge is 0.497 e. The van der Waals surface area contributed by atoms with Crippen LogP contribution in [-0.4, -0.2) is 33.1 Å². The minimum Gasteiger partial charge on any atom is -0.497 e. The van der Waals surface area contributed by atoms with E-state index in [1.165, 1.54) is 25.3 Å². The highest BCUT2D eigenvalue weighted by Crippen LogP contribution is 2.24. The first-order valence-electron chi connectivity index (χ1n) is 5.81. The minimum atomic E-state index is -3.00. The van der Waals surface area contributed by atoms with E-state index in [9.17, 15) is 12.8 Å². The van der Waals surface area contributed by atoms with Gasteiger partial charge in [0.2, 0.25) is 0 Å². The zero-order valence-corrected chi connectivity index (χ0v) is 11.0. The molecule has 100 valence electrons. The Balaban J connectivity index is 2.13. The minimum absolute atomic E-state index is 0.0592. The molecule has 0 aromatic heterocycles. The first-order chi connectivity index (χ1) is 8.50. The maximum atomic E-state index is 13.6. The third kappa shape index (κ3) is 3.13. The van der Waals surface area contributed by atoms with Gasteiger partial charge in [0, 0.05) is 12.1 Å². The Bertz CT molecular complexity index is 530. The van der Waals surface area contributed by atoms with Crippen LogP contribution in [0.2, 0.25) is 0 Å². The van der Waals surface area contributed by atoms with E-state index in [0.717, 1.165) is 6.42 Å². The highest BCUT2D eigenvalue weighted by molar-refractivity contribution is 7.91. The Morgan fingerprint density at radius 1 is 1.44 bits per heavy atom. The van der Waals surface area contributed by atoms with E-state index in [-0.39, 0.29) is 23.2 Å².